The van der Waals surface area contributed by atoms with E-state index >= 15 is 0 Å². The van der Waals surface area contributed by atoms with Crippen LogP contribution in [-0.4, -0.2) is 21.5 Å². The van der Waals surface area contributed by atoms with Crippen LogP contribution in [-0.2, 0) is 0 Å². The van der Waals surface area contributed by atoms with Gasteiger partial charge in [0.25, 0.3) is 0 Å². The van der Waals surface area contributed by atoms with E-state index in [4.69, 9.17) is 15.1 Å². The molecule has 4 aromatic carbocycles. The Kier molecular flexibility index (Phi) is 5.40. The molecule has 0 amide bonds. The van der Waals surface area contributed by atoms with Gasteiger partial charge in [0.1, 0.15) is 0 Å². The van der Waals surface area contributed by atoms with E-state index in [1.165, 1.54) is 16.7 Å². The van der Waals surface area contributed by atoms with Gasteiger partial charge in [0.2, 0.25) is 0 Å². The maximum absolute atomic E-state index is 5.31. The van der Waals surface area contributed by atoms with Crippen molar-refractivity contribution < 1.29 is 0 Å². The molecular weight excluding hydrogens is 480 g/mol. The second-order valence-electron chi connectivity index (χ2n) is 10.1. The first-order valence-electron chi connectivity index (χ1n) is 13.2. The molecule has 0 radical (unpaired) electrons. The average molecular weight is 509 g/mol. The molecule has 2 aliphatic heterocycles. The molecule has 5 aromatic rings. The number of hydrogen-bond donors (Lipinski definition) is 1. The van der Waals surface area contributed by atoms with Gasteiger partial charge in [-0.25, -0.2) is 14.7 Å². The molecule has 1 N–H and O–H groups in total. The number of rotatable bonds is 3. The SMILES string of the molecule is Cc1cc(C)cc(NC2=Nc3ccccc3N3C2=Nc2c(c(C)nn2-c2ccccc2)[C@@H]3c2ccccc2)c1. The van der Waals surface area contributed by atoms with Crippen LogP contribution in [0.4, 0.5) is 22.9 Å². The van der Waals surface area contributed by atoms with E-state index in [0.29, 0.717) is 5.84 Å². The van der Waals surface area contributed by atoms with Gasteiger partial charge in [-0.3, -0.25) is 0 Å². The molecule has 2 aliphatic rings. The molecule has 39 heavy (non-hydrogen) atoms. The molecule has 6 heteroatoms. The molecular formula is C33H28N6. The van der Waals surface area contributed by atoms with Crippen molar-refractivity contribution in [1.29, 1.82) is 0 Å². The molecule has 1 atom stereocenters. The fraction of sp³-hybridized carbons (Fsp3) is 0.121. The van der Waals surface area contributed by atoms with Crippen LogP contribution in [0.1, 0.15) is 34.0 Å². The van der Waals surface area contributed by atoms with Crippen LogP contribution in [0.2, 0.25) is 0 Å². The molecule has 0 spiro atoms. The summed E-state index contributed by atoms with van der Waals surface area (Å²) < 4.78 is 1.96. The number of amidine groups is 2. The van der Waals surface area contributed by atoms with Crippen LogP contribution >= 0.6 is 0 Å². The van der Waals surface area contributed by atoms with Crippen LogP contribution in [0.15, 0.2) is 113 Å². The summed E-state index contributed by atoms with van der Waals surface area (Å²) in [5.74, 6) is 2.31. The highest BCUT2D eigenvalue weighted by molar-refractivity contribution is 6.51. The highest BCUT2D eigenvalue weighted by Gasteiger charge is 2.41. The smallest absolute Gasteiger partial charge is 0.179 e. The summed E-state index contributed by atoms with van der Waals surface area (Å²) in [6, 6.07) is 35.4. The number of aryl methyl sites for hydroxylation is 3. The third-order valence-electron chi connectivity index (χ3n) is 7.24. The third kappa shape index (κ3) is 3.92. The fourth-order valence-corrected chi connectivity index (χ4v) is 5.68. The average Bonchev–Trinajstić information content (AvgIpc) is 3.28. The first-order chi connectivity index (χ1) is 19.1. The molecule has 6 nitrogen and oxygen atoms in total. The highest BCUT2D eigenvalue weighted by Crippen LogP contribution is 2.48. The zero-order valence-corrected chi connectivity index (χ0v) is 22.1. The van der Waals surface area contributed by atoms with E-state index in [1.54, 1.807) is 0 Å². The van der Waals surface area contributed by atoms with Gasteiger partial charge in [-0.2, -0.15) is 5.10 Å². The van der Waals surface area contributed by atoms with Gasteiger partial charge in [-0.15, -0.1) is 0 Å². The topological polar surface area (TPSA) is 57.8 Å². The lowest BCUT2D eigenvalue weighted by atomic mass is 9.93. The molecule has 7 rings (SSSR count). The van der Waals surface area contributed by atoms with E-state index in [1.807, 2.05) is 28.9 Å². The summed E-state index contributed by atoms with van der Waals surface area (Å²) in [6.45, 7) is 6.30. The molecule has 0 bridgehead atoms. The molecule has 0 unspecified atom stereocenters. The number of benzene rings is 4. The van der Waals surface area contributed by atoms with E-state index in [2.05, 4.69) is 110 Å². The van der Waals surface area contributed by atoms with Gasteiger partial charge in [-0.1, -0.05) is 66.7 Å². The second kappa shape index (κ2) is 9.10. The van der Waals surface area contributed by atoms with Crippen LogP contribution in [0.3, 0.4) is 0 Å². The van der Waals surface area contributed by atoms with Gasteiger partial charge in [-0.05, 0) is 73.9 Å². The molecule has 3 heterocycles. The van der Waals surface area contributed by atoms with Crippen molar-refractivity contribution in [3.8, 4) is 5.69 Å². The van der Waals surface area contributed by atoms with Crippen molar-refractivity contribution in [3.05, 3.63) is 131 Å². The minimum atomic E-state index is -0.126. The number of fused-ring (bicyclic) bond motifs is 4. The first kappa shape index (κ1) is 23.2. The van der Waals surface area contributed by atoms with E-state index in [9.17, 15) is 0 Å². The van der Waals surface area contributed by atoms with E-state index < -0.39 is 0 Å². The number of para-hydroxylation sites is 3. The Labute approximate surface area is 228 Å². The van der Waals surface area contributed by atoms with Crippen molar-refractivity contribution >= 4 is 34.6 Å². The highest BCUT2D eigenvalue weighted by atomic mass is 15.4. The standard InChI is InChI=1S/C33H28N6/c1-21-18-22(2)20-25(19-21)34-31-33-36-32-29(23(3)37-39(32)26-14-8-5-9-15-26)30(24-12-6-4-7-13-24)38(33)28-17-11-10-16-27(28)35-31/h4-20,30H,1-3H3,(H,34,35)/t30-/m0/s1. The Morgan fingerprint density at radius 1 is 0.718 bits per heavy atom. The minimum absolute atomic E-state index is 0.126. The molecule has 0 fully saturated rings. The third-order valence-corrected chi connectivity index (χ3v) is 7.24. The minimum Gasteiger partial charge on any atom is -0.337 e. The summed E-state index contributed by atoms with van der Waals surface area (Å²) >= 11 is 0. The summed E-state index contributed by atoms with van der Waals surface area (Å²) in [5.41, 5.74) is 9.49. The number of hydrogen-bond acceptors (Lipinski definition) is 5. The number of aromatic nitrogens is 2. The van der Waals surface area contributed by atoms with Crippen molar-refractivity contribution in [1.82, 2.24) is 9.78 Å². The summed E-state index contributed by atoms with van der Waals surface area (Å²) in [7, 11) is 0. The molecule has 190 valence electrons. The summed E-state index contributed by atoms with van der Waals surface area (Å²) in [6.07, 6.45) is 0. The van der Waals surface area contributed by atoms with Crippen molar-refractivity contribution in [2.24, 2.45) is 9.98 Å². The van der Waals surface area contributed by atoms with Crippen molar-refractivity contribution in [2.45, 2.75) is 26.8 Å². The zero-order chi connectivity index (χ0) is 26.5. The van der Waals surface area contributed by atoms with Crippen LogP contribution in [0.25, 0.3) is 5.69 Å². The molecule has 0 saturated heterocycles. The van der Waals surface area contributed by atoms with E-state index in [-0.39, 0.29) is 6.04 Å². The van der Waals surface area contributed by atoms with Crippen molar-refractivity contribution in [3.63, 3.8) is 0 Å². The number of nitrogens with zero attached hydrogens (tertiary/aromatic N) is 5. The zero-order valence-electron chi connectivity index (χ0n) is 22.1. The second-order valence-corrected chi connectivity index (χ2v) is 10.1. The number of nitrogens with one attached hydrogen (secondary N) is 1. The Morgan fingerprint density at radius 2 is 1.38 bits per heavy atom. The molecule has 1 aromatic heterocycles. The summed E-state index contributed by atoms with van der Waals surface area (Å²) in [5, 5.41) is 8.63. The fourth-order valence-electron chi connectivity index (χ4n) is 5.68. The summed E-state index contributed by atoms with van der Waals surface area (Å²) in [4.78, 5) is 12.7. The predicted molar refractivity (Wildman–Crippen MR) is 159 cm³/mol. The Morgan fingerprint density at radius 3 is 2.13 bits per heavy atom. The largest absolute Gasteiger partial charge is 0.337 e. The lowest BCUT2D eigenvalue weighted by molar-refractivity contribution is 0.815. The van der Waals surface area contributed by atoms with Gasteiger partial charge in [0.05, 0.1) is 28.8 Å². The quantitative estimate of drug-likeness (QED) is 0.273. The maximum Gasteiger partial charge on any atom is 0.179 e. The Bertz CT molecular complexity index is 1740. The van der Waals surface area contributed by atoms with Crippen LogP contribution in [0.5, 0.6) is 0 Å². The first-order valence-corrected chi connectivity index (χ1v) is 13.2. The number of aliphatic imine (C=N–C) groups is 2. The normalized spacial score (nSPS) is 15.6. The van der Waals surface area contributed by atoms with Crippen LogP contribution < -0.4 is 10.2 Å². The van der Waals surface area contributed by atoms with Gasteiger partial charge < -0.3 is 10.2 Å². The lowest BCUT2D eigenvalue weighted by Gasteiger charge is -2.40. The maximum atomic E-state index is 5.31. The van der Waals surface area contributed by atoms with Gasteiger partial charge in [0, 0.05) is 11.3 Å². The predicted octanol–water partition coefficient (Wildman–Crippen LogP) is 7.59. The van der Waals surface area contributed by atoms with Crippen molar-refractivity contribution in [2.75, 3.05) is 10.2 Å². The van der Waals surface area contributed by atoms with Gasteiger partial charge in [0.15, 0.2) is 17.5 Å². The monoisotopic (exact) mass is 508 g/mol. The Balaban J connectivity index is 1.50. The Hall–Kier alpha value is -4.97. The number of anilines is 2. The lowest BCUT2D eigenvalue weighted by Crippen LogP contribution is -2.46. The van der Waals surface area contributed by atoms with Gasteiger partial charge >= 0.3 is 0 Å². The molecule has 0 aliphatic carbocycles. The molecule has 0 saturated carbocycles. The van der Waals surface area contributed by atoms with E-state index in [0.717, 1.165) is 45.7 Å². The van der Waals surface area contributed by atoms with Crippen LogP contribution in [0, 0.1) is 20.8 Å².